The van der Waals surface area contributed by atoms with E-state index < -0.39 is 17.7 Å². The highest BCUT2D eigenvalue weighted by Gasteiger charge is 2.18. The first-order valence-electron chi connectivity index (χ1n) is 6.33. The second-order valence-corrected chi connectivity index (χ2v) is 5.11. The highest BCUT2D eigenvalue weighted by atomic mass is 35.5. The zero-order chi connectivity index (χ0) is 15.7. The van der Waals surface area contributed by atoms with Crippen molar-refractivity contribution < 1.29 is 18.7 Å². The fraction of sp³-hybridized carbons (Fsp3) is 0.333. The first-order valence-corrected chi connectivity index (χ1v) is 6.71. The molecule has 6 heteroatoms. The second kappa shape index (κ2) is 5.77. The van der Waals surface area contributed by atoms with Crippen LogP contribution in [-0.2, 0) is 9.53 Å². The predicted molar refractivity (Wildman–Crippen MR) is 79.1 cm³/mol. The molecule has 0 saturated carbocycles. The lowest BCUT2D eigenvalue weighted by atomic mass is 10.1. The summed E-state index contributed by atoms with van der Waals surface area (Å²) >= 11 is 6.16. The molecule has 1 atom stereocenters. The van der Waals surface area contributed by atoms with Gasteiger partial charge in [0.2, 0.25) is 0 Å². The summed E-state index contributed by atoms with van der Waals surface area (Å²) in [6.45, 7) is 5.06. The molecule has 0 aliphatic carbocycles. The van der Waals surface area contributed by atoms with Crippen molar-refractivity contribution >= 4 is 28.5 Å². The smallest absolute Gasteiger partial charge is 0.346 e. The molecule has 0 spiro atoms. The number of benzene rings is 1. The van der Waals surface area contributed by atoms with Crippen LogP contribution in [0.3, 0.4) is 0 Å². The number of methoxy groups -OCH3 is 1. The van der Waals surface area contributed by atoms with Gasteiger partial charge >= 0.3 is 11.6 Å². The summed E-state index contributed by atoms with van der Waals surface area (Å²) < 4.78 is 15.3. The Balaban J connectivity index is 2.53. The SMILES string of the molecule is COC(=O)C(C)Oc1cc2oc(=O)c(C)c(C)c2cc1Cl. The Kier molecular flexibility index (Phi) is 4.23. The molecule has 2 rings (SSSR count). The van der Waals surface area contributed by atoms with Crippen LogP contribution in [0.25, 0.3) is 11.0 Å². The Morgan fingerprint density at radius 2 is 1.95 bits per heavy atom. The van der Waals surface area contributed by atoms with Crippen molar-refractivity contribution in [2.75, 3.05) is 7.11 Å². The van der Waals surface area contributed by atoms with Gasteiger partial charge in [-0.25, -0.2) is 9.59 Å². The fourth-order valence-corrected chi connectivity index (χ4v) is 2.15. The Bertz CT molecular complexity index is 763. The summed E-state index contributed by atoms with van der Waals surface area (Å²) in [4.78, 5) is 23.1. The van der Waals surface area contributed by atoms with E-state index in [0.717, 1.165) is 10.9 Å². The van der Waals surface area contributed by atoms with Crippen molar-refractivity contribution in [3.63, 3.8) is 0 Å². The molecule has 0 N–H and O–H groups in total. The fourth-order valence-electron chi connectivity index (χ4n) is 1.94. The molecule has 0 bridgehead atoms. The third-order valence-electron chi connectivity index (χ3n) is 3.35. The molecule has 0 amide bonds. The monoisotopic (exact) mass is 310 g/mol. The normalized spacial score (nSPS) is 12.2. The molecule has 0 radical (unpaired) electrons. The minimum atomic E-state index is -0.816. The Labute approximate surface area is 126 Å². The number of hydrogen-bond acceptors (Lipinski definition) is 5. The molecule has 2 aromatic rings. The zero-order valence-electron chi connectivity index (χ0n) is 12.2. The lowest BCUT2D eigenvalue weighted by molar-refractivity contribution is -0.147. The van der Waals surface area contributed by atoms with Crippen LogP contribution in [0.4, 0.5) is 0 Å². The van der Waals surface area contributed by atoms with Gasteiger partial charge in [0.1, 0.15) is 11.3 Å². The third-order valence-corrected chi connectivity index (χ3v) is 3.64. The molecular weight excluding hydrogens is 296 g/mol. The van der Waals surface area contributed by atoms with E-state index in [4.69, 9.17) is 20.8 Å². The van der Waals surface area contributed by atoms with E-state index in [2.05, 4.69) is 4.74 Å². The maximum absolute atomic E-state index is 11.7. The number of esters is 1. The third kappa shape index (κ3) is 2.88. The number of ether oxygens (including phenoxy) is 2. The first-order chi connectivity index (χ1) is 9.85. The van der Waals surface area contributed by atoms with Crippen LogP contribution in [0, 0.1) is 13.8 Å². The van der Waals surface area contributed by atoms with Crippen molar-refractivity contribution in [2.24, 2.45) is 0 Å². The molecule has 1 unspecified atom stereocenters. The van der Waals surface area contributed by atoms with Gasteiger partial charge in [0.25, 0.3) is 0 Å². The molecule has 0 fully saturated rings. The van der Waals surface area contributed by atoms with Gasteiger partial charge in [0, 0.05) is 17.0 Å². The van der Waals surface area contributed by atoms with E-state index in [1.54, 1.807) is 19.9 Å². The van der Waals surface area contributed by atoms with Crippen molar-refractivity contribution in [1.29, 1.82) is 0 Å². The van der Waals surface area contributed by atoms with Gasteiger partial charge < -0.3 is 13.9 Å². The Morgan fingerprint density at radius 1 is 1.29 bits per heavy atom. The van der Waals surface area contributed by atoms with Gasteiger partial charge in [-0.05, 0) is 32.4 Å². The van der Waals surface area contributed by atoms with Gasteiger partial charge in [0.15, 0.2) is 6.10 Å². The van der Waals surface area contributed by atoms with E-state index in [1.165, 1.54) is 13.2 Å². The number of hydrogen-bond donors (Lipinski definition) is 0. The zero-order valence-corrected chi connectivity index (χ0v) is 12.9. The molecule has 1 aromatic heterocycles. The van der Waals surface area contributed by atoms with Gasteiger partial charge in [-0.3, -0.25) is 0 Å². The molecule has 1 heterocycles. The van der Waals surface area contributed by atoms with E-state index in [1.807, 2.05) is 6.92 Å². The number of fused-ring (bicyclic) bond motifs is 1. The molecule has 0 aliphatic rings. The number of carbonyl (C=O) groups is 1. The maximum atomic E-state index is 11.7. The van der Waals surface area contributed by atoms with Crippen LogP contribution >= 0.6 is 11.6 Å². The van der Waals surface area contributed by atoms with E-state index in [0.29, 0.717) is 16.2 Å². The van der Waals surface area contributed by atoms with E-state index in [9.17, 15) is 9.59 Å². The lowest BCUT2D eigenvalue weighted by Gasteiger charge is -2.14. The number of carbonyl (C=O) groups excluding carboxylic acids is 1. The first kappa shape index (κ1) is 15.4. The van der Waals surface area contributed by atoms with Crippen LogP contribution in [-0.4, -0.2) is 19.2 Å². The van der Waals surface area contributed by atoms with Crippen LogP contribution < -0.4 is 10.4 Å². The highest BCUT2D eigenvalue weighted by Crippen LogP contribution is 2.32. The second-order valence-electron chi connectivity index (χ2n) is 4.70. The Morgan fingerprint density at radius 3 is 2.57 bits per heavy atom. The van der Waals surface area contributed by atoms with Crippen molar-refractivity contribution in [2.45, 2.75) is 26.9 Å². The number of rotatable bonds is 3. The molecule has 1 aromatic carbocycles. The van der Waals surface area contributed by atoms with Crippen molar-refractivity contribution in [1.82, 2.24) is 0 Å². The van der Waals surface area contributed by atoms with E-state index in [-0.39, 0.29) is 5.75 Å². The van der Waals surface area contributed by atoms with Gasteiger partial charge in [-0.1, -0.05) is 11.6 Å². The summed E-state index contributed by atoms with van der Waals surface area (Å²) in [5.74, 6) is -0.263. The molecule has 21 heavy (non-hydrogen) atoms. The van der Waals surface area contributed by atoms with Crippen LogP contribution in [0.2, 0.25) is 5.02 Å². The highest BCUT2D eigenvalue weighted by molar-refractivity contribution is 6.32. The number of halogens is 1. The minimum absolute atomic E-state index is 0.258. The van der Waals surface area contributed by atoms with Gasteiger partial charge in [-0.15, -0.1) is 0 Å². The Hall–Kier alpha value is -2.01. The molecular formula is C15H15ClO5. The molecule has 0 saturated heterocycles. The summed E-state index contributed by atoms with van der Waals surface area (Å²) in [6.07, 6.45) is -0.816. The lowest BCUT2D eigenvalue weighted by Crippen LogP contribution is -2.25. The summed E-state index contributed by atoms with van der Waals surface area (Å²) in [6, 6.07) is 3.16. The van der Waals surface area contributed by atoms with Crippen molar-refractivity contribution in [3.05, 3.63) is 38.7 Å². The van der Waals surface area contributed by atoms with Crippen molar-refractivity contribution in [3.8, 4) is 5.75 Å². The standard InChI is InChI=1S/C15H15ClO5/c1-7-8(2)14(17)21-12-6-13(11(16)5-10(7)12)20-9(3)15(18)19-4/h5-6,9H,1-4H3. The topological polar surface area (TPSA) is 65.7 Å². The summed E-state index contributed by atoms with van der Waals surface area (Å²) in [5, 5.41) is 1.06. The predicted octanol–water partition coefficient (Wildman–Crippen LogP) is 3.00. The summed E-state index contributed by atoms with van der Waals surface area (Å²) in [7, 11) is 1.27. The quantitative estimate of drug-likeness (QED) is 0.644. The van der Waals surface area contributed by atoms with Crippen LogP contribution in [0.5, 0.6) is 5.75 Å². The molecule has 5 nitrogen and oxygen atoms in total. The molecule has 0 aliphatic heterocycles. The summed E-state index contributed by atoms with van der Waals surface area (Å²) in [5.41, 5.74) is 1.29. The average Bonchev–Trinajstić information content (AvgIpc) is 2.46. The van der Waals surface area contributed by atoms with Gasteiger partial charge in [0.05, 0.1) is 12.1 Å². The van der Waals surface area contributed by atoms with Crippen LogP contribution in [0.1, 0.15) is 18.1 Å². The van der Waals surface area contributed by atoms with Gasteiger partial charge in [-0.2, -0.15) is 0 Å². The maximum Gasteiger partial charge on any atom is 0.346 e. The molecule has 112 valence electrons. The van der Waals surface area contributed by atoms with Crippen LogP contribution in [0.15, 0.2) is 21.3 Å². The van der Waals surface area contributed by atoms with E-state index >= 15 is 0 Å². The minimum Gasteiger partial charge on any atom is -0.477 e. The largest absolute Gasteiger partial charge is 0.477 e. The number of aryl methyl sites for hydroxylation is 1. The average molecular weight is 311 g/mol.